The highest BCUT2D eigenvalue weighted by Gasteiger charge is 2.07. The summed E-state index contributed by atoms with van der Waals surface area (Å²) in [5.41, 5.74) is 0.930. The van der Waals surface area contributed by atoms with Crippen LogP contribution in [-0.4, -0.2) is 37.4 Å². The SMILES string of the molecule is CNC(C)Cc1noc(/C=C/c2cc(OC)cc(OC)c2)n1. The molecular weight excluding hydrogens is 282 g/mol. The molecule has 2 rings (SSSR count). The van der Waals surface area contributed by atoms with Crippen LogP contribution in [0.25, 0.3) is 12.2 Å². The number of nitrogens with zero attached hydrogens (tertiary/aromatic N) is 2. The number of hydrogen-bond acceptors (Lipinski definition) is 6. The lowest BCUT2D eigenvalue weighted by atomic mass is 10.2. The summed E-state index contributed by atoms with van der Waals surface area (Å²) >= 11 is 0. The van der Waals surface area contributed by atoms with Crippen molar-refractivity contribution in [2.24, 2.45) is 0 Å². The third kappa shape index (κ3) is 4.33. The largest absolute Gasteiger partial charge is 0.497 e. The van der Waals surface area contributed by atoms with Gasteiger partial charge >= 0.3 is 0 Å². The molecule has 1 aromatic heterocycles. The van der Waals surface area contributed by atoms with Crippen LogP contribution in [0.3, 0.4) is 0 Å². The lowest BCUT2D eigenvalue weighted by molar-refractivity contribution is 0.394. The highest BCUT2D eigenvalue weighted by Crippen LogP contribution is 2.23. The Morgan fingerprint density at radius 3 is 2.45 bits per heavy atom. The molecule has 1 atom stereocenters. The minimum absolute atomic E-state index is 0.303. The lowest BCUT2D eigenvalue weighted by Gasteiger charge is -2.05. The number of nitrogens with one attached hydrogen (secondary N) is 1. The van der Waals surface area contributed by atoms with Gasteiger partial charge in [-0.25, -0.2) is 0 Å². The van der Waals surface area contributed by atoms with E-state index in [4.69, 9.17) is 14.0 Å². The predicted molar refractivity (Wildman–Crippen MR) is 85.0 cm³/mol. The maximum Gasteiger partial charge on any atom is 0.250 e. The molecule has 6 heteroatoms. The van der Waals surface area contributed by atoms with E-state index in [0.29, 0.717) is 17.8 Å². The Morgan fingerprint density at radius 1 is 1.18 bits per heavy atom. The van der Waals surface area contributed by atoms with Crippen LogP contribution in [0.1, 0.15) is 24.2 Å². The molecule has 1 N–H and O–H groups in total. The zero-order chi connectivity index (χ0) is 15.9. The molecule has 0 aliphatic rings. The lowest BCUT2D eigenvalue weighted by Crippen LogP contribution is -2.24. The second-order valence-corrected chi connectivity index (χ2v) is 4.92. The van der Waals surface area contributed by atoms with Gasteiger partial charge in [0.05, 0.1) is 14.2 Å². The van der Waals surface area contributed by atoms with Gasteiger partial charge in [0.2, 0.25) is 0 Å². The van der Waals surface area contributed by atoms with Crippen LogP contribution >= 0.6 is 0 Å². The molecule has 1 unspecified atom stereocenters. The summed E-state index contributed by atoms with van der Waals surface area (Å²) in [6.45, 7) is 2.06. The van der Waals surface area contributed by atoms with Crippen LogP contribution in [0.2, 0.25) is 0 Å². The summed E-state index contributed by atoms with van der Waals surface area (Å²) in [7, 11) is 5.15. The van der Waals surface area contributed by atoms with E-state index in [-0.39, 0.29) is 0 Å². The minimum Gasteiger partial charge on any atom is -0.497 e. The Morgan fingerprint density at radius 2 is 1.86 bits per heavy atom. The Balaban J connectivity index is 2.11. The molecule has 1 heterocycles. The second kappa shape index (κ2) is 7.61. The molecule has 118 valence electrons. The van der Waals surface area contributed by atoms with E-state index >= 15 is 0 Å². The molecular formula is C16H21N3O3. The first-order valence-corrected chi connectivity index (χ1v) is 7.05. The maximum absolute atomic E-state index is 5.24. The van der Waals surface area contributed by atoms with Gasteiger partial charge in [0.1, 0.15) is 11.5 Å². The minimum atomic E-state index is 0.303. The molecule has 1 aromatic carbocycles. The van der Waals surface area contributed by atoms with Gasteiger partial charge in [-0.1, -0.05) is 5.16 Å². The molecule has 0 aliphatic heterocycles. The first-order valence-electron chi connectivity index (χ1n) is 7.05. The van der Waals surface area contributed by atoms with Crippen LogP contribution < -0.4 is 14.8 Å². The van der Waals surface area contributed by atoms with Crippen LogP contribution in [0.4, 0.5) is 0 Å². The quantitative estimate of drug-likeness (QED) is 0.847. The standard InChI is InChI=1S/C16H21N3O3/c1-11(17-2)7-15-18-16(22-19-15)6-5-12-8-13(20-3)10-14(9-12)21-4/h5-6,8-11,17H,7H2,1-4H3/b6-5+. The van der Waals surface area contributed by atoms with Gasteiger partial charge in [-0.05, 0) is 37.7 Å². The smallest absolute Gasteiger partial charge is 0.250 e. The Labute approximate surface area is 130 Å². The van der Waals surface area contributed by atoms with Crippen molar-refractivity contribution in [3.63, 3.8) is 0 Å². The van der Waals surface area contributed by atoms with Crippen molar-refractivity contribution >= 4 is 12.2 Å². The third-order valence-corrected chi connectivity index (χ3v) is 3.26. The zero-order valence-electron chi connectivity index (χ0n) is 13.3. The number of likely N-dealkylation sites (N-methyl/N-ethyl adjacent to an activating group) is 1. The fourth-order valence-corrected chi connectivity index (χ4v) is 1.89. The number of methoxy groups -OCH3 is 2. The van der Waals surface area contributed by atoms with Gasteiger partial charge in [0.25, 0.3) is 5.89 Å². The first-order chi connectivity index (χ1) is 10.6. The van der Waals surface area contributed by atoms with E-state index in [1.54, 1.807) is 20.3 Å². The van der Waals surface area contributed by atoms with Gasteiger partial charge < -0.3 is 19.3 Å². The van der Waals surface area contributed by atoms with Gasteiger partial charge in [-0.15, -0.1) is 0 Å². The molecule has 6 nitrogen and oxygen atoms in total. The van der Waals surface area contributed by atoms with E-state index in [9.17, 15) is 0 Å². The number of ether oxygens (including phenoxy) is 2. The average molecular weight is 303 g/mol. The Hall–Kier alpha value is -2.34. The molecule has 0 saturated carbocycles. The van der Waals surface area contributed by atoms with E-state index < -0.39 is 0 Å². The Bertz CT molecular complexity index is 615. The van der Waals surface area contributed by atoms with Crippen LogP contribution in [0.15, 0.2) is 22.7 Å². The molecule has 0 radical (unpaired) electrons. The molecule has 0 saturated heterocycles. The van der Waals surface area contributed by atoms with Crippen molar-refractivity contribution in [3.05, 3.63) is 35.5 Å². The highest BCUT2D eigenvalue weighted by molar-refractivity contribution is 5.67. The molecule has 0 bridgehead atoms. The monoisotopic (exact) mass is 303 g/mol. The van der Waals surface area contributed by atoms with Gasteiger partial charge in [0, 0.05) is 24.6 Å². The number of rotatable bonds is 7. The van der Waals surface area contributed by atoms with Crippen molar-refractivity contribution < 1.29 is 14.0 Å². The van der Waals surface area contributed by atoms with Crippen LogP contribution in [-0.2, 0) is 6.42 Å². The average Bonchev–Trinajstić information content (AvgIpc) is 2.99. The summed E-state index contributed by atoms with van der Waals surface area (Å²) in [6.07, 6.45) is 4.37. The van der Waals surface area contributed by atoms with Gasteiger partial charge in [-0.2, -0.15) is 4.98 Å². The van der Waals surface area contributed by atoms with E-state index in [1.165, 1.54) is 0 Å². The highest BCUT2D eigenvalue weighted by atomic mass is 16.5. The van der Waals surface area contributed by atoms with Crippen LogP contribution in [0.5, 0.6) is 11.5 Å². The van der Waals surface area contributed by atoms with Crippen molar-refractivity contribution in [1.29, 1.82) is 0 Å². The zero-order valence-corrected chi connectivity index (χ0v) is 13.3. The van der Waals surface area contributed by atoms with Crippen molar-refractivity contribution in [3.8, 4) is 11.5 Å². The predicted octanol–water partition coefficient (Wildman–Crippen LogP) is 2.41. The topological polar surface area (TPSA) is 69.4 Å². The molecule has 0 amide bonds. The molecule has 0 spiro atoms. The second-order valence-electron chi connectivity index (χ2n) is 4.92. The van der Waals surface area contributed by atoms with E-state index in [2.05, 4.69) is 22.4 Å². The summed E-state index contributed by atoms with van der Waals surface area (Å²) in [5.74, 6) is 2.62. The third-order valence-electron chi connectivity index (χ3n) is 3.26. The van der Waals surface area contributed by atoms with Crippen molar-refractivity contribution in [1.82, 2.24) is 15.5 Å². The summed E-state index contributed by atoms with van der Waals surface area (Å²) in [6, 6.07) is 5.93. The Kier molecular flexibility index (Phi) is 5.55. The number of benzene rings is 1. The number of hydrogen-bond donors (Lipinski definition) is 1. The maximum atomic E-state index is 5.24. The van der Waals surface area contributed by atoms with Gasteiger partial charge in [0.15, 0.2) is 5.82 Å². The van der Waals surface area contributed by atoms with Crippen molar-refractivity contribution in [2.75, 3.05) is 21.3 Å². The normalized spacial score (nSPS) is 12.5. The first kappa shape index (κ1) is 16.0. The summed E-state index contributed by atoms with van der Waals surface area (Å²) < 4.78 is 15.7. The molecule has 22 heavy (non-hydrogen) atoms. The fraction of sp³-hybridized carbons (Fsp3) is 0.375. The molecule has 2 aromatic rings. The van der Waals surface area contributed by atoms with Gasteiger partial charge in [-0.3, -0.25) is 0 Å². The van der Waals surface area contributed by atoms with Crippen molar-refractivity contribution in [2.45, 2.75) is 19.4 Å². The van der Waals surface area contributed by atoms with Crippen LogP contribution in [0, 0.1) is 0 Å². The van der Waals surface area contributed by atoms with E-state index in [1.807, 2.05) is 31.3 Å². The molecule has 0 aliphatic carbocycles. The fourth-order valence-electron chi connectivity index (χ4n) is 1.89. The molecule has 0 fully saturated rings. The summed E-state index contributed by atoms with van der Waals surface area (Å²) in [4.78, 5) is 4.33. The summed E-state index contributed by atoms with van der Waals surface area (Å²) in [5, 5.41) is 7.10. The number of aromatic nitrogens is 2. The van der Waals surface area contributed by atoms with E-state index in [0.717, 1.165) is 23.5 Å².